The number of nitrogens with zero attached hydrogens (tertiary/aromatic N) is 2. The lowest BCUT2D eigenvalue weighted by Gasteiger charge is -2.13. The number of nitro benzene ring substituents is 1. The van der Waals surface area contributed by atoms with Crippen LogP contribution in [0.4, 0.5) is 11.4 Å². The van der Waals surface area contributed by atoms with Crippen LogP contribution in [0.25, 0.3) is 0 Å². The topological polar surface area (TPSA) is 79.0 Å². The molecule has 3 unspecified atom stereocenters. The molecule has 3 atom stereocenters. The van der Waals surface area contributed by atoms with Crippen LogP contribution in [-0.4, -0.2) is 11.0 Å². The zero-order valence-electron chi connectivity index (χ0n) is 12.4. The highest BCUT2D eigenvalue weighted by Gasteiger charge is 2.53. The summed E-state index contributed by atoms with van der Waals surface area (Å²) in [5.74, 6) is 0.982. The summed E-state index contributed by atoms with van der Waals surface area (Å²) >= 11 is 0. The zero-order chi connectivity index (χ0) is 16.0. The minimum Gasteiger partial charge on any atom is -0.376 e. The molecule has 0 spiro atoms. The van der Waals surface area contributed by atoms with Crippen LogP contribution in [0.3, 0.4) is 0 Å². The first-order valence-electron chi connectivity index (χ1n) is 7.72. The Morgan fingerprint density at radius 1 is 1.26 bits per heavy atom. The molecule has 2 aliphatic carbocycles. The van der Waals surface area contributed by atoms with Crippen molar-refractivity contribution in [3.8, 4) is 6.07 Å². The van der Waals surface area contributed by atoms with Crippen molar-refractivity contribution in [2.24, 2.45) is 5.92 Å². The lowest BCUT2D eigenvalue weighted by Crippen LogP contribution is -2.08. The van der Waals surface area contributed by atoms with Crippen LogP contribution in [0.2, 0.25) is 0 Å². The molecule has 0 saturated heterocycles. The van der Waals surface area contributed by atoms with Gasteiger partial charge in [0.15, 0.2) is 0 Å². The lowest BCUT2D eigenvalue weighted by molar-refractivity contribution is -0.384. The molecule has 0 aromatic heterocycles. The van der Waals surface area contributed by atoms with Crippen molar-refractivity contribution in [2.45, 2.75) is 24.8 Å². The van der Waals surface area contributed by atoms with Crippen molar-refractivity contribution in [1.82, 2.24) is 0 Å². The quantitative estimate of drug-likeness (QED) is 0.694. The molecule has 4 rings (SSSR count). The number of fused-ring (bicyclic) bond motifs is 3. The average Bonchev–Trinajstić information content (AvgIpc) is 3.28. The van der Waals surface area contributed by atoms with Gasteiger partial charge in [-0.15, -0.1) is 0 Å². The summed E-state index contributed by atoms with van der Waals surface area (Å²) < 4.78 is 0. The first-order valence-corrected chi connectivity index (χ1v) is 7.72. The van der Waals surface area contributed by atoms with Gasteiger partial charge in [-0.3, -0.25) is 10.1 Å². The number of aryl methyl sites for hydroxylation is 1. The summed E-state index contributed by atoms with van der Waals surface area (Å²) in [5, 5.41) is 23.5. The second-order valence-electron chi connectivity index (χ2n) is 6.20. The summed E-state index contributed by atoms with van der Waals surface area (Å²) in [5.41, 5.74) is 3.55. The van der Waals surface area contributed by atoms with Crippen LogP contribution in [0.15, 0.2) is 42.5 Å². The van der Waals surface area contributed by atoms with E-state index in [4.69, 9.17) is 5.26 Å². The number of nitriles is 1. The summed E-state index contributed by atoms with van der Waals surface area (Å²) in [6.07, 6.45) is 2.19. The maximum atomic E-state index is 11.3. The third-order valence-corrected chi connectivity index (χ3v) is 4.98. The van der Waals surface area contributed by atoms with Gasteiger partial charge in [-0.25, -0.2) is 0 Å². The Hall–Kier alpha value is -2.87. The standard InChI is InChI=1S/C18H15N3O2/c19-10-11-5-8-15(16(9-11)21(22)23)20-18-14-7-6-12-3-1-2-4-13(12)17(14)18/h1-5,8-9,14,17-18,20H,6-7H2. The molecular formula is C18H15N3O2. The number of benzene rings is 2. The van der Waals surface area contributed by atoms with E-state index in [1.54, 1.807) is 12.1 Å². The van der Waals surface area contributed by atoms with E-state index in [1.165, 1.54) is 17.2 Å². The fourth-order valence-electron chi connectivity index (χ4n) is 3.82. The number of nitrogens with one attached hydrogen (secondary N) is 1. The van der Waals surface area contributed by atoms with Crippen molar-refractivity contribution in [2.75, 3.05) is 5.32 Å². The molecule has 0 radical (unpaired) electrons. The van der Waals surface area contributed by atoms with E-state index in [0.29, 0.717) is 23.1 Å². The second-order valence-corrected chi connectivity index (χ2v) is 6.20. The van der Waals surface area contributed by atoms with E-state index in [-0.39, 0.29) is 11.7 Å². The normalized spacial score (nSPS) is 24.0. The zero-order valence-corrected chi connectivity index (χ0v) is 12.4. The van der Waals surface area contributed by atoms with Crippen molar-refractivity contribution in [3.05, 3.63) is 69.3 Å². The maximum Gasteiger partial charge on any atom is 0.293 e. The molecule has 2 aliphatic rings. The Bertz CT molecular complexity index is 840. The fraction of sp³-hybridized carbons (Fsp3) is 0.278. The van der Waals surface area contributed by atoms with E-state index >= 15 is 0 Å². The van der Waals surface area contributed by atoms with Gasteiger partial charge >= 0.3 is 0 Å². The number of anilines is 1. The lowest BCUT2D eigenvalue weighted by atomic mass is 9.92. The molecule has 114 valence electrons. The Morgan fingerprint density at radius 2 is 2.09 bits per heavy atom. The van der Waals surface area contributed by atoms with Gasteiger partial charge in [0.25, 0.3) is 5.69 Å². The highest BCUT2D eigenvalue weighted by Crippen LogP contribution is 2.56. The Labute approximate surface area is 133 Å². The highest BCUT2D eigenvalue weighted by molar-refractivity contribution is 5.66. The smallest absolute Gasteiger partial charge is 0.293 e. The molecule has 0 bridgehead atoms. The third-order valence-electron chi connectivity index (χ3n) is 4.98. The van der Waals surface area contributed by atoms with Crippen LogP contribution in [0.1, 0.15) is 29.0 Å². The summed E-state index contributed by atoms with van der Waals surface area (Å²) in [6.45, 7) is 0. The fourth-order valence-corrected chi connectivity index (χ4v) is 3.82. The Kier molecular flexibility index (Phi) is 3.05. The van der Waals surface area contributed by atoms with E-state index in [0.717, 1.165) is 12.8 Å². The van der Waals surface area contributed by atoms with Gasteiger partial charge in [-0.1, -0.05) is 24.3 Å². The van der Waals surface area contributed by atoms with Crippen LogP contribution in [0.5, 0.6) is 0 Å². The predicted molar refractivity (Wildman–Crippen MR) is 86.2 cm³/mol. The third kappa shape index (κ3) is 2.23. The second kappa shape index (κ2) is 5.10. The van der Waals surface area contributed by atoms with Crippen molar-refractivity contribution in [3.63, 3.8) is 0 Å². The molecule has 0 aliphatic heterocycles. The predicted octanol–water partition coefficient (Wildman–Crippen LogP) is 3.61. The molecular weight excluding hydrogens is 290 g/mol. The molecule has 23 heavy (non-hydrogen) atoms. The van der Waals surface area contributed by atoms with Gasteiger partial charge in [0, 0.05) is 18.0 Å². The highest BCUT2D eigenvalue weighted by atomic mass is 16.6. The van der Waals surface area contributed by atoms with Crippen LogP contribution in [-0.2, 0) is 6.42 Å². The van der Waals surface area contributed by atoms with Gasteiger partial charge in [0.2, 0.25) is 0 Å². The summed E-state index contributed by atoms with van der Waals surface area (Å²) in [4.78, 5) is 10.8. The molecule has 5 nitrogen and oxygen atoms in total. The van der Waals surface area contributed by atoms with Gasteiger partial charge in [0.05, 0.1) is 16.6 Å². The van der Waals surface area contributed by atoms with Crippen LogP contribution in [0, 0.1) is 27.4 Å². The van der Waals surface area contributed by atoms with Crippen molar-refractivity contribution < 1.29 is 4.92 Å². The minimum absolute atomic E-state index is 0.0269. The molecule has 2 aromatic carbocycles. The molecule has 0 amide bonds. The van der Waals surface area contributed by atoms with E-state index in [2.05, 4.69) is 29.6 Å². The van der Waals surface area contributed by atoms with Crippen molar-refractivity contribution >= 4 is 11.4 Å². The van der Waals surface area contributed by atoms with Crippen LogP contribution < -0.4 is 5.32 Å². The van der Waals surface area contributed by atoms with Gasteiger partial charge in [0.1, 0.15) is 5.69 Å². The SMILES string of the molecule is N#Cc1ccc(NC2C3CCc4ccccc4C32)c([N+](=O)[O-])c1. The molecule has 5 heteroatoms. The molecule has 0 heterocycles. The molecule has 1 fully saturated rings. The first kappa shape index (κ1) is 13.8. The number of nitro groups is 1. The number of hydrogen-bond acceptors (Lipinski definition) is 4. The largest absolute Gasteiger partial charge is 0.376 e. The Balaban J connectivity index is 1.62. The monoisotopic (exact) mass is 305 g/mol. The van der Waals surface area contributed by atoms with E-state index < -0.39 is 4.92 Å². The molecule has 2 aromatic rings. The van der Waals surface area contributed by atoms with Gasteiger partial charge in [-0.2, -0.15) is 5.26 Å². The Morgan fingerprint density at radius 3 is 2.87 bits per heavy atom. The van der Waals surface area contributed by atoms with E-state index in [9.17, 15) is 10.1 Å². The first-order chi connectivity index (χ1) is 11.2. The van der Waals surface area contributed by atoms with E-state index in [1.807, 2.05) is 6.07 Å². The number of rotatable bonds is 3. The van der Waals surface area contributed by atoms with Gasteiger partial charge in [-0.05, 0) is 42.0 Å². The average molecular weight is 305 g/mol. The number of hydrogen-bond donors (Lipinski definition) is 1. The van der Waals surface area contributed by atoms with Crippen molar-refractivity contribution in [1.29, 1.82) is 5.26 Å². The molecule has 1 N–H and O–H groups in total. The van der Waals surface area contributed by atoms with Crippen LogP contribution >= 0.6 is 0 Å². The summed E-state index contributed by atoms with van der Waals surface area (Å²) in [6, 6.07) is 15.3. The maximum absolute atomic E-state index is 11.3. The summed E-state index contributed by atoms with van der Waals surface area (Å²) in [7, 11) is 0. The minimum atomic E-state index is -0.427. The van der Waals surface area contributed by atoms with Gasteiger partial charge < -0.3 is 5.32 Å². The molecule has 1 saturated carbocycles.